The van der Waals surface area contributed by atoms with Gasteiger partial charge in [-0.15, -0.1) is 0 Å². The topological polar surface area (TPSA) is 81.4 Å². The highest BCUT2D eigenvalue weighted by Crippen LogP contribution is 2.31. The molecule has 0 atom stereocenters. The molecule has 0 aromatic heterocycles. The Kier molecular flexibility index (Phi) is 5.05. The molecule has 22 heavy (non-hydrogen) atoms. The fraction of sp³-hybridized carbons (Fsp3) is 0.429. The maximum absolute atomic E-state index is 12.5. The summed E-state index contributed by atoms with van der Waals surface area (Å²) in [4.78, 5) is 23.2. The predicted octanol–water partition coefficient (Wildman–Crippen LogP) is 2.36. The first-order chi connectivity index (χ1) is 9.90. The van der Waals surface area contributed by atoms with E-state index in [0.717, 1.165) is 12.1 Å². The Bertz CT molecular complexity index is 578. The van der Waals surface area contributed by atoms with Crippen molar-refractivity contribution in [2.24, 2.45) is 0 Å². The van der Waals surface area contributed by atoms with Crippen molar-refractivity contribution < 1.29 is 27.5 Å². The molecule has 0 heterocycles. The van der Waals surface area contributed by atoms with Gasteiger partial charge in [-0.1, -0.05) is 0 Å². The third-order valence-electron chi connectivity index (χ3n) is 2.45. The standard InChI is InChI=1S/C14H17F3N2O3/c1-13(2,3)19-11(20)7-22-12(21)9-5-4-8(6-10(9)18)14(15,16)17/h4-6H,7,18H2,1-3H3,(H,19,20). The van der Waals surface area contributed by atoms with Gasteiger partial charge in [-0.25, -0.2) is 4.79 Å². The summed E-state index contributed by atoms with van der Waals surface area (Å²) < 4.78 is 42.2. The Morgan fingerprint density at radius 1 is 1.23 bits per heavy atom. The van der Waals surface area contributed by atoms with Crippen LogP contribution in [0.5, 0.6) is 0 Å². The number of halogens is 3. The number of esters is 1. The largest absolute Gasteiger partial charge is 0.452 e. The average Bonchev–Trinajstić information content (AvgIpc) is 2.32. The summed E-state index contributed by atoms with van der Waals surface area (Å²) in [6.45, 7) is 4.71. The minimum Gasteiger partial charge on any atom is -0.452 e. The highest BCUT2D eigenvalue weighted by atomic mass is 19.4. The molecule has 0 aliphatic rings. The van der Waals surface area contributed by atoms with Crippen LogP contribution in [-0.2, 0) is 15.7 Å². The smallest absolute Gasteiger partial charge is 0.416 e. The van der Waals surface area contributed by atoms with Gasteiger partial charge in [0.2, 0.25) is 0 Å². The van der Waals surface area contributed by atoms with Gasteiger partial charge in [0.15, 0.2) is 6.61 Å². The van der Waals surface area contributed by atoms with Gasteiger partial charge in [-0.3, -0.25) is 4.79 Å². The van der Waals surface area contributed by atoms with Gasteiger partial charge in [0, 0.05) is 11.2 Å². The van der Waals surface area contributed by atoms with Gasteiger partial charge in [0.1, 0.15) is 0 Å². The summed E-state index contributed by atoms with van der Waals surface area (Å²) in [7, 11) is 0. The second-order valence-corrected chi connectivity index (χ2v) is 5.67. The predicted molar refractivity (Wildman–Crippen MR) is 74.0 cm³/mol. The van der Waals surface area contributed by atoms with Crippen LogP contribution in [-0.4, -0.2) is 24.0 Å². The number of anilines is 1. The number of carbonyl (C=O) groups excluding carboxylic acids is 2. The molecule has 1 amide bonds. The van der Waals surface area contributed by atoms with Gasteiger partial charge in [0.25, 0.3) is 5.91 Å². The number of hydrogen-bond donors (Lipinski definition) is 2. The monoisotopic (exact) mass is 318 g/mol. The summed E-state index contributed by atoms with van der Waals surface area (Å²) in [5.41, 5.74) is 3.38. The Hall–Kier alpha value is -2.25. The second kappa shape index (κ2) is 6.25. The van der Waals surface area contributed by atoms with E-state index in [-0.39, 0.29) is 11.3 Å². The maximum atomic E-state index is 12.5. The Balaban J connectivity index is 2.73. The van der Waals surface area contributed by atoms with Crippen LogP contribution in [0.1, 0.15) is 36.7 Å². The molecule has 0 aliphatic heterocycles. The van der Waals surface area contributed by atoms with Crippen LogP contribution < -0.4 is 11.1 Å². The third-order valence-corrected chi connectivity index (χ3v) is 2.45. The van der Waals surface area contributed by atoms with Crippen molar-refractivity contribution in [2.75, 3.05) is 12.3 Å². The molecule has 0 bridgehead atoms. The van der Waals surface area contributed by atoms with E-state index in [1.165, 1.54) is 0 Å². The van der Waals surface area contributed by atoms with E-state index in [1.807, 2.05) is 0 Å². The highest BCUT2D eigenvalue weighted by molar-refractivity contribution is 5.96. The molecular formula is C14H17F3N2O3. The van der Waals surface area contributed by atoms with E-state index < -0.39 is 35.8 Å². The first-order valence-corrected chi connectivity index (χ1v) is 6.35. The fourth-order valence-corrected chi connectivity index (χ4v) is 1.59. The number of rotatable bonds is 3. The van der Waals surface area contributed by atoms with Gasteiger partial charge in [-0.2, -0.15) is 13.2 Å². The van der Waals surface area contributed by atoms with E-state index in [1.54, 1.807) is 20.8 Å². The van der Waals surface area contributed by atoms with E-state index in [2.05, 4.69) is 5.32 Å². The number of ether oxygens (including phenoxy) is 1. The number of nitrogens with one attached hydrogen (secondary N) is 1. The van der Waals surface area contributed by atoms with Gasteiger partial charge in [0.05, 0.1) is 11.1 Å². The molecule has 5 nitrogen and oxygen atoms in total. The zero-order valence-corrected chi connectivity index (χ0v) is 12.4. The van der Waals surface area contributed by atoms with Crippen molar-refractivity contribution in [1.82, 2.24) is 5.32 Å². The van der Waals surface area contributed by atoms with Crippen LogP contribution in [0.2, 0.25) is 0 Å². The van der Waals surface area contributed by atoms with Crippen molar-refractivity contribution >= 4 is 17.6 Å². The summed E-state index contributed by atoms with van der Waals surface area (Å²) >= 11 is 0. The van der Waals surface area contributed by atoms with Crippen molar-refractivity contribution in [3.63, 3.8) is 0 Å². The quantitative estimate of drug-likeness (QED) is 0.662. The lowest BCUT2D eigenvalue weighted by molar-refractivity contribution is -0.137. The summed E-state index contributed by atoms with van der Waals surface area (Å²) in [6, 6.07) is 2.29. The lowest BCUT2D eigenvalue weighted by Crippen LogP contribution is -2.42. The molecule has 0 spiro atoms. The lowest BCUT2D eigenvalue weighted by atomic mass is 10.1. The molecular weight excluding hydrogens is 301 g/mol. The van der Waals surface area contributed by atoms with E-state index in [0.29, 0.717) is 6.07 Å². The molecule has 1 aromatic rings. The third kappa shape index (κ3) is 5.27. The summed E-state index contributed by atoms with van der Waals surface area (Å²) in [5, 5.41) is 2.57. The van der Waals surface area contributed by atoms with E-state index in [4.69, 9.17) is 10.5 Å². The first kappa shape index (κ1) is 17.8. The Morgan fingerprint density at radius 2 is 1.82 bits per heavy atom. The highest BCUT2D eigenvalue weighted by Gasteiger charge is 2.31. The van der Waals surface area contributed by atoms with Gasteiger partial charge >= 0.3 is 12.1 Å². The molecule has 1 aromatic carbocycles. The minimum absolute atomic E-state index is 0.225. The van der Waals surface area contributed by atoms with Gasteiger partial charge < -0.3 is 15.8 Å². The van der Waals surface area contributed by atoms with Crippen molar-refractivity contribution in [3.05, 3.63) is 29.3 Å². The molecule has 0 saturated carbocycles. The number of hydrogen-bond acceptors (Lipinski definition) is 4. The van der Waals surface area contributed by atoms with Crippen molar-refractivity contribution in [1.29, 1.82) is 0 Å². The number of nitrogens with two attached hydrogens (primary N) is 1. The van der Waals surface area contributed by atoms with Crippen LogP contribution in [0, 0.1) is 0 Å². The van der Waals surface area contributed by atoms with Crippen LogP contribution in [0.25, 0.3) is 0 Å². The first-order valence-electron chi connectivity index (χ1n) is 6.35. The second-order valence-electron chi connectivity index (χ2n) is 5.67. The molecule has 0 unspecified atom stereocenters. The average molecular weight is 318 g/mol. The van der Waals surface area contributed by atoms with Gasteiger partial charge in [-0.05, 0) is 39.0 Å². The minimum atomic E-state index is -4.55. The molecule has 0 aliphatic carbocycles. The zero-order valence-electron chi connectivity index (χ0n) is 12.4. The molecule has 0 saturated heterocycles. The SMILES string of the molecule is CC(C)(C)NC(=O)COC(=O)c1ccc(C(F)(F)F)cc1N. The van der Waals surface area contributed by atoms with Crippen LogP contribution in [0.15, 0.2) is 18.2 Å². The molecule has 122 valence electrons. The summed E-state index contributed by atoms with van der Waals surface area (Å²) in [5.74, 6) is -1.48. The Morgan fingerprint density at radius 3 is 2.27 bits per heavy atom. The molecule has 3 N–H and O–H groups in total. The van der Waals surface area contributed by atoms with Crippen LogP contribution in [0.4, 0.5) is 18.9 Å². The molecule has 8 heteroatoms. The zero-order chi connectivity index (χ0) is 17.1. The summed E-state index contributed by atoms with van der Waals surface area (Å²) in [6.07, 6.45) is -4.55. The number of alkyl halides is 3. The molecule has 1 rings (SSSR count). The lowest BCUT2D eigenvalue weighted by Gasteiger charge is -2.20. The number of nitrogen functional groups attached to an aromatic ring is 1. The molecule has 0 fully saturated rings. The Labute approximate surface area is 125 Å². The van der Waals surface area contributed by atoms with Crippen molar-refractivity contribution in [2.45, 2.75) is 32.5 Å². The maximum Gasteiger partial charge on any atom is 0.416 e. The number of carbonyl (C=O) groups is 2. The molecule has 0 radical (unpaired) electrons. The van der Waals surface area contributed by atoms with Crippen molar-refractivity contribution in [3.8, 4) is 0 Å². The number of amides is 1. The van der Waals surface area contributed by atoms with E-state index >= 15 is 0 Å². The normalized spacial score (nSPS) is 11.9. The van der Waals surface area contributed by atoms with Crippen LogP contribution in [0.3, 0.4) is 0 Å². The fourth-order valence-electron chi connectivity index (χ4n) is 1.59. The number of benzene rings is 1. The van der Waals surface area contributed by atoms with E-state index in [9.17, 15) is 22.8 Å². The van der Waals surface area contributed by atoms with Crippen LogP contribution >= 0.6 is 0 Å².